The minimum absolute atomic E-state index is 0.438. The topological polar surface area (TPSA) is 9.23 Å². The van der Waals surface area contributed by atoms with E-state index in [-0.39, 0.29) is 0 Å². The lowest BCUT2D eigenvalue weighted by Gasteiger charge is -2.38. The molecule has 0 aromatic heterocycles. The minimum Gasteiger partial charge on any atom is -0.373 e. The average molecular weight is 256 g/mol. The standard InChI is InChI=1S/C18H24O/c1-13(19-12-14-5-3-2-4-6-14)18-10-15-7-16(11-18)9-17(18)8-15/h2-6,13,15-17H,7-12H2,1H3. The second-order valence-corrected chi connectivity index (χ2v) is 7.22. The van der Waals surface area contributed by atoms with Crippen LogP contribution in [0.25, 0.3) is 0 Å². The van der Waals surface area contributed by atoms with E-state index in [9.17, 15) is 0 Å². The molecule has 19 heavy (non-hydrogen) atoms. The molecule has 1 aromatic carbocycles. The second kappa shape index (κ2) is 4.34. The summed E-state index contributed by atoms with van der Waals surface area (Å²) in [6, 6.07) is 10.6. The normalized spacial score (nSPS) is 40.8. The Labute approximate surface area is 116 Å². The van der Waals surface area contributed by atoms with Crippen molar-refractivity contribution in [1.82, 2.24) is 0 Å². The highest BCUT2D eigenvalue weighted by Gasteiger charge is 2.60. The Morgan fingerprint density at radius 1 is 1.11 bits per heavy atom. The molecule has 0 spiro atoms. The fraction of sp³-hybridized carbons (Fsp3) is 0.667. The molecule has 4 saturated carbocycles. The van der Waals surface area contributed by atoms with Crippen LogP contribution in [0.5, 0.6) is 0 Å². The molecule has 0 saturated heterocycles. The summed E-state index contributed by atoms with van der Waals surface area (Å²) in [6.45, 7) is 3.12. The molecular weight excluding hydrogens is 232 g/mol. The molecule has 4 fully saturated rings. The van der Waals surface area contributed by atoms with Crippen LogP contribution in [0.1, 0.15) is 44.6 Å². The van der Waals surface area contributed by atoms with Crippen molar-refractivity contribution in [2.75, 3.05) is 0 Å². The molecule has 4 bridgehead atoms. The summed E-state index contributed by atoms with van der Waals surface area (Å²) in [5.41, 5.74) is 1.85. The van der Waals surface area contributed by atoms with E-state index in [1.54, 1.807) is 0 Å². The van der Waals surface area contributed by atoms with Crippen LogP contribution >= 0.6 is 0 Å². The van der Waals surface area contributed by atoms with Gasteiger partial charge in [0.2, 0.25) is 0 Å². The van der Waals surface area contributed by atoms with Crippen molar-refractivity contribution in [2.24, 2.45) is 23.2 Å². The lowest BCUT2D eigenvalue weighted by Crippen LogP contribution is -2.36. The maximum absolute atomic E-state index is 6.29. The van der Waals surface area contributed by atoms with Gasteiger partial charge in [-0.05, 0) is 67.8 Å². The third-order valence-electron chi connectivity index (χ3n) is 6.21. The first-order valence-corrected chi connectivity index (χ1v) is 7.92. The summed E-state index contributed by atoms with van der Waals surface area (Å²) in [4.78, 5) is 0. The molecule has 0 aliphatic heterocycles. The molecule has 5 rings (SSSR count). The maximum Gasteiger partial charge on any atom is 0.0720 e. The summed E-state index contributed by atoms with van der Waals surface area (Å²) in [5, 5.41) is 0. The lowest BCUT2D eigenvalue weighted by molar-refractivity contribution is -0.0550. The van der Waals surface area contributed by atoms with Crippen molar-refractivity contribution in [3.63, 3.8) is 0 Å². The summed E-state index contributed by atoms with van der Waals surface area (Å²) in [5.74, 6) is 3.03. The van der Waals surface area contributed by atoms with Crippen LogP contribution in [0.2, 0.25) is 0 Å². The number of hydrogen-bond acceptors (Lipinski definition) is 1. The van der Waals surface area contributed by atoms with Crippen molar-refractivity contribution in [1.29, 1.82) is 0 Å². The first kappa shape index (κ1) is 12.0. The van der Waals surface area contributed by atoms with E-state index in [1.165, 1.54) is 37.7 Å². The van der Waals surface area contributed by atoms with E-state index in [4.69, 9.17) is 4.74 Å². The molecule has 0 amide bonds. The second-order valence-electron chi connectivity index (χ2n) is 7.22. The van der Waals surface area contributed by atoms with Crippen molar-refractivity contribution < 1.29 is 4.74 Å². The Morgan fingerprint density at radius 3 is 2.47 bits per heavy atom. The highest BCUT2D eigenvalue weighted by atomic mass is 16.5. The SMILES string of the molecule is CC(OCc1ccccc1)C12CC3CC(CC1C3)C2. The fourth-order valence-electron chi connectivity index (χ4n) is 5.48. The van der Waals surface area contributed by atoms with E-state index in [0.29, 0.717) is 11.5 Å². The minimum atomic E-state index is 0.438. The molecule has 1 aromatic rings. The van der Waals surface area contributed by atoms with Gasteiger partial charge in [0.15, 0.2) is 0 Å². The quantitative estimate of drug-likeness (QED) is 0.775. The molecule has 0 radical (unpaired) electrons. The Kier molecular flexibility index (Phi) is 2.73. The van der Waals surface area contributed by atoms with Crippen LogP contribution in [0.4, 0.5) is 0 Å². The molecule has 0 N–H and O–H groups in total. The number of benzene rings is 1. The monoisotopic (exact) mass is 256 g/mol. The van der Waals surface area contributed by atoms with Gasteiger partial charge >= 0.3 is 0 Å². The summed E-state index contributed by atoms with van der Waals surface area (Å²) < 4.78 is 6.29. The molecule has 4 aliphatic carbocycles. The number of ether oxygens (including phenoxy) is 1. The van der Waals surface area contributed by atoms with Crippen molar-refractivity contribution >= 4 is 0 Å². The van der Waals surface area contributed by atoms with Gasteiger partial charge in [0, 0.05) is 0 Å². The molecule has 1 heteroatoms. The van der Waals surface area contributed by atoms with Gasteiger partial charge in [-0.15, -0.1) is 0 Å². The van der Waals surface area contributed by atoms with Gasteiger partial charge in [0.05, 0.1) is 12.7 Å². The van der Waals surface area contributed by atoms with Crippen molar-refractivity contribution in [3.8, 4) is 0 Å². The van der Waals surface area contributed by atoms with Gasteiger partial charge in [0.1, 0.15) is 0 Å². The molecule has 102 valence electrons. The van der Waals surface area contributed by atoms with E-state index in [0.717, 1.165) is 24.4 Å². The maximum atomic E-state index is 6.29. The molecule has 1 nitrogen and oxygen atoms in total. The molecule has 4 aliphatic rings. The van der Waals surface area contributed by atoms with Gasteiger partial charge in [0.25, 0.3) is 0 Å². The van der Waals surface area contributed by atoms with E-state index in [1.807, 2.05) is 0 Å². The van der Waals surface area contributed by atoms with Crippen molar-refractivity contribution in [2.45, 2.75) is 51.7 Å². The van der Waals surface area contributed by atoms with Crippen LogP contribution in [0.3, 0.4) is 0 Å². The first-order chi connectivity index (χ1) is 9.26. The zero-order valence-corrected chi connectivity index (χ0v) is 11.8. The average Bonchev–Trinajstić information content (AvgIpc) is 2.83. The third-order valence-corrected chi connectivity index (χ3v) is 6.21. The van der Waals surface area contributed by atoms with E-state index in [2.05, 4.69) is 37.3 Å². The predicted molar refractivity (Wildman–Crippen MR) is 76.7 cm³/mol. The van der Waals surface area contributed by atoms with Gasteiger partial charge in [-0.3, -0.25) is 0 Å². The van der Waals surface area contributed by atoms with Gasteiger partial charge in [-0.2, -0.15) is 0 Å². The Hall–Kier alpha value is -0.820. The smallest absolute Gasteiger partial charge is 0.0720 e. The summed E-state index contributed by atoms with van der Waals surface area (Å²) in [6.07, 6.45) is 7.84. The molecule has 3 unspecified atom stereocenters. The molecular formula is C18H24O. The highest BCUT2D eigenvalue weighted by molar-refractivity contribution is 5.14. The number of rotatable bonds is 4. The van der Waals surface area contributed by atoms with Crippen LogP contribution in [-0.4, -0.2) is 6.10 Å². The zero-order chi connectivity index (χ0) is 12.9. The Balaban J connectivity index is 1.45. The van der Waals surface area contributed by atoms with Crippen LogP contribution in [0.15, 0.2) is 30.3 Å². The molecule has 3 atom stereocenters. The predicted octanol–water partition coefficient (Wildman–Crippen LogP) is 4.42. The summed E-state index contributed by atoms with van der Waals surface area (Å²) in [7, 11) is 0. The zero-order valence-electron chi connectivity index (χ0n) is 11.8. The van der Waals surface area contributed by atoms with Gasteiger partial charge in [-0.1, -0.05) is 30.3 Å². The lowest BCUT2D eigenvalue weighted by atomic mass is 9.72. The van der Waals surface area contributed by atoms with E-state index >= 15 is 0 Å². The van der Waals surface area contributed by atoms with Gasteiger partial charge in [-0.25, -0.2) is 0 Å². The Morgan fingerprint density at radius 2 is 1.79 bits per heavy atom. The first-order valence-electron chi connectivity index (χ1n) is 7.92. The van der Waals surface area contributed by atoms with Gasteiger partial charge < -0.3 is 4.74 Å². The van der Waals surface area contributed by atoms with Crippen molar-refractivity contribution in [3.05, 3.63) is 35.9 Å². The largest absolute Gasteiger partial charge is 0.373 e. The van der Waals surface area contributed by atoms with Crippen LogP contribution in [-0.2, 0) is 11.3 Å². The molecule has 0 heterocycles. The third kappa shape index (κ3) is 1.86. The van der Waals surface area contributed by atoms with Crippen LogP contribution < -0.4 is 0 Å². The Bertz CT molecular complexity index is 438. The number of hydrogen-bond donors (Lipinski definition) is 0. The van der Waals surface area contributed by atoms with Crippen LogP contribution in [0, 0.1) is 23.2 Å². The fourth-order valence-corrected chi connectivity index (χ4v) is 5.48. The highest BCUT2D eigenvalue weighted by Crippen LogP contribution is 2.67. The van der Waals surface area contributed by atoms with E-state index < -0.39 is 0 Å². The summed E-state index contributed by atoms with van der Waals surface area (Å²) >= 11 is 0.